The minimum absolute atomic E-state index is 0.354. The fourth-order valence-electron chi connectivity index (χ4n) is 1.67. The SMILES string of the molecule is CC1=C(C(N)=O)NC(S)C(Nc2cc(N)ncn2)=C1. The zero-order valence-corrected chi connectivity index (χ0v) is 11.1. The fourth-order valence-corrected chi connectivity index (χ4v) is 1.94. The summed E-state index contributed by atoms with van der Waals surface area (Å²) in [4.78, 5) is 19.0. The molecule has 0 fully saturated rings. The highest BCUT2D eigenvalue weighted by Gasteiger charge is 2.21. The molecule has 0 bridgehead atoms. The fraction of sp³-hybridized carbons (Fsp3) is 0.182. The van der Waals surface area contributed by atoms with Crippen LogP contribution in [-0.4, -0.2) is 21.2 Å². The Hall–Kier alpha value is -2.22. The van der Waals surface area contributed by atoms with E-state index >= 15 is 0 Å². The van der Waals surface area contributed by atoms with Crippen molar-refractivity contribution in [1.82, 2.24) is 15.3 Å². The number of hydrogen-bond acceptors (Lipinski definition) is 7. The van der Waals surface area contributed by atoms with E-state index in [9.17, 15) is 4.79 Å². The molecule has 7 nitrogen and oxygen atoms in total. The third-order valence-electron chi connectivity index (χ3n) is 2.55. The maximum Gasteiger partial charge on any atom is 0.265 e. The number of aromatic nitrogens is 2. The van der Waals surface area contributed by atoms with Crippen LogP contribution in [0.25, 0.3) is 0 Å². The van der Waals surface area contributed by atoms with Crippen molar-refractivity contribution in [2.24, 2.45) is 5.73 Å². The number of anilines is 2. The van der Waals surface area contributed by atoms with Gasteiger partial charge in [0.15, 0.2) is 0 Å². The van der Waals surface area contributed by atoms with Crippen LogP contribution in [0.15, 0.2) is 35.4 Å². The Morgan fingerprint density at radius 3 is 2.89 bits per heavy atom. The Morgan fingerprint density at radius 1 is 1.53 bits per heavy atom. The molecular formula is C11H14N6OS. The number of carbonyl (C=O) groups excluding carboxylic acids is 1. The van der Waals surface area contributed by atoms with E-state index in [1.54, 1.807) is 19.1 Å². The van der Waals surface area contributed by atoms with Crippen LogP contribution < -0.4 is 22.1 Å². The average molecular weight is 278 g/mol. The van der Waals surface area contributed by atoms with E-state index in [2.05, 4.69) is 33.2 Å². The van der Waals surface area contributed by atoms with E-state index in [-0.39, 0.29) is 5.37 Å². The van der Waals surface area contributed by atoms with Gasteiger partial charge in [0.1, 0.15) is 29.0 Å². The van der Waals surface area contributed by atoms with Crippen molar-refractivity contribution < 1.29 is 4.79 Å². The summed E-state index contributed by atoms with van der Waals surface area (Å²) < 4.78 is 0. The van der Waals surface area contributed by atoms with Gasteiger partial charge >= 0.3 is 0 Å². The highest BCUT2D eigenvalue weighted by Crippen LogP contribution is 2.21. The van der Waals surface area contributed by atoms with E-state index in [0.29, 0.717) is 17.3 Å². The molecule has 1 atom stereocenters. The van der Waals surface area contributed by atoms with Crippen LogP contribution >= 0.6 is 12.6 Å². The zero-order chi connectivity index (χ0) is 14.0. The number of nitrogens with two attached hydrogens (primary N) is 2. The maximum absolute atomic E-state index is 11.2. The largest absolute Gasteiger partial charge is 0.384 e. The molecule has 1 unspecified atom stereocenters. The van der Waals surface area contributed by atoms with Crippen LogP contribution in [-0.2, 0) is 4.79 Å². The predicted molar refractivity (Wildman–Crippen MR) is 76.0 cm³/mol. The Labute approximate surface area is 115 Å². The summed E-state index contributed by atoms with van der Waals surface area (Å²) in [7, 11) is 0. The maximum atomic E-state index is 11.2. The Balaban J connectivity index is 2.26. The van der Waals surface area contributed by atoms with Gasteiger partial charge in [-0.3, -0.25) is 4.79 Å². The number of amides is 1. The van der Waals surface area contributed by atoms with E-state index < -0.39 is 5.91 Å². The molecule has 8 heteroatoms. The molecule has 2 rings (SSSR count). The summed E-state index contributed by atoms with van der Waals surface area (Å²) in [5, 5.41) is 5.59. The number of primary amides is 1. The molecule has 1 aromatic rings. The van der Waals surface area contributed by atoms with Gasteiger partial charge in [-0.05, 0) is 18.6 Å². The van der Waals surface area contributed by atoms with Crippen molar-refractivity contribution in [2.45, 2.75) is 12.3 Å². The zero-order valence-electron chi connectivity index (χ0n) is 10.2. The lowest BCUT2D eigenvalue weighted by atomic mass is 10.1. The molecule has 0 aliphatic carbocycles. The quantitative estimate of drug-likeness (QED) is 0.496. The number of allylic oxidation sites excluding steroid dienone is 2. The van der Waals surface area contributed by atoms with E-state index in [0.717, 1.165) is 11.3 Å². The first-order valence-electron chi connectivity index (χ1n) is 5.49. The number of nitrogen functional groups attached to an aromatic ring is 1. The van der Waals surface area contributed by atoms with E-state index in [4.69, 9.17) is 11.5 Å². The number of hydrogen-bond donors (Lipinski definition) is 5. The molecule has 19 heavy (non-hydrogen) atoms. The van der Waals surface area contributed by atoms with Gasteiger partial charge in [-0.25, -0.2) is 9.97 Å². The molecule has 6 N–H and O–H groups in total. The van der Waals surface area contributed by atoms with Gasteiger partial charge in [0, 0.05) is 11.8 Å². The topological polar surface area (TPSA) is 119 Å². The lowest BCUT2D eigenvalue weighted by molar-refractivity contribution is -0.115. The first-order chi connectivity index (χ1) is 8.97. The molecule has 0 saturated carbocycles. The van der Waals surface area contributed by atoms with Crippen molar-refractivity contribution >= 4 is 30.2 Å². The van der Waals surface area contributed by atoms with Gasteiger partial charge in [0.2, 0.25) is 0 Å². The Kier molecular flexibility index (Phi) is 3.61. The van der Waals surface area contributed by atoms with Crippen LogP contribution in [0.1, 0.15) is 6.92 Å². The van der Waals surface area contributed by atoms with Gasteiger partial charge < -0.3 is 22.1 Å². The van der Waals surface area contributed by atoms with Crippen molar-refractivity contribution in [3.63, 3.8) is 0 Å². The molecule has 1 aliphatic heterocycles. The summed E-state index contributed by atoms with van der Waals surface area (Å²) in [6.07, 6.45) is 3.14. The van der Waals surface area contributed by atoms with Gasteiger partial charge in [0.25, 0.3) is 5.91 Å². The average Bonchev–Trinajstić information content (AvgIpc) is 2.33. The number of rotatable bonds is 3. The first-order valence-corrected chi connectivity index (χ1v) is 6.00. The molecule has 100 valence electrons. The standard InChI is InChI=1S/C11H14N6OS/c1-5-2-6(11(19)17-9(5)10(13)18)16-8-3-7(12)14-4-15-8/h2-4,11,17,19H,1H3,(H2,13,18)(H3,12,14,15,16). The molecule has 0 radical (unpaired) electrons. The third kappa shape index (κ3) is 2.97. The minimum atomic E-state index is -0.516. The second-order valence-electron chi connectivity index (χ2n) is 4.02. The number of nitrogens with one attached hydrogen (secondary N) is 2. The Bertz CT molecular complexity index is 582. The second kappa shape index (κ2) is 5.19. The molecule has 1 amide bonds. The van der Waals surface area contributed by atoms with Crippen molar-refractivity contribution in [3.05, 3.63) is 35.4 Å². The van der Waals surface area contributed by atoms with Crippen LogP contribution in [0.3, 0.4) is 0 Å². The highest BCUT2D eigenvalue weighted by atomic mass is 32.1. The molecule has 0 aromatic carbocycles. The Morgan fingerprint density at radius 2 is 2.26 bits per heavy atom. The summed E-state index contributed by atoms with van der Waals surface area (Å²) in [5.41, 5.74) is 12.6. The van der Waals surface area contributed by atoms with Gasteiger partial charge in [0.05, 0.1) is 0 Å². The van der Waals surface area contributed by atoms with Crippen LogP contribution in [0.5, 0.6) is 0 Å². The lowest BCUT2D eigenvalue weighted by Gasteiger charge is -2.25. The molecule has 2 heterocycles. The van der Waals surface area contributed by atoms with Crippen molar-refractivity contribution in [3.8, 4) is 0 Å². The smallest absolute Gasteiger partial charge is 0.265 e. The molecule has 1 aliphatic rings. The molecular weight excluding hydrogens is 264 g/mol. The van der Waals surface area contributed by atoms with Crippen molar-refractivity contribution in [2.75, 3.05) is 11.1 Å². The monoisotopic (exact) mass is 278 g/mol. The number of dihydropyridines is 1. The second-order valence-corrected chi connectivity index (χ2v) is 4.54. The molecule has 1 aromatic heterocycles. The van der Waals surface area contributed by atoms with E-state index in [1.165, 1.54) is 6.33 Å². The normalized spacial score (nSPS) is 18.6. The first kappa shape index (κ1) is 13.2. The van der Waals surface area contributed by atoms with E-state index in [1.807, 2.05) is 0 Å². The van der Waals surface area contributed by atoms with Crippen LogP contribution in [0.4, 0.5) is 11.6 Å². The van der Waals surface area contributed by atoms with Crippen LogP contribution in [0.2, 0.25) is 0 Å². The lowest BCUT2D eigenvalue weighted by Crippen LogP contribution is -2.37. The summed E-state index contributed by atoms with van der Waals surface area (Å²) in [6.45, 7) is 1.78. The summed E-state index contributed by atoms with van der Waals surface area (Å²) in [6, 6.07) is 1.60. The predicted octanol–water partition coefficient (Wildman–Crippen LogP) is -0.0270. The highest BCUT2D eigenvalue weighted by molar-refractivity contribution is 7.81. The summed E-state index contributed by atoms with van der Waals surface area (Å²) >= 11 is 4.35. The minimum Gasteiger partial charge on any atom is -0.384 e. The van der Waals surface area contributed by atoms with Gasteiger partial charge in [-0.1, -0.05) is 0 Å². The number of carbonyl (C=O) groups is 1. The van der Waals surface area contributed by atoms with Gasteiger partial charge in [-0.15, -0.1) is 12.6 Å². The number of nitrogens with zero attached hydrogens (tertiary/aromatic N) is 2. The van der Waals surface area contributed by atoms with Gasteiger partial charge in [-0.2, -0.15) is 0 Å². The third-order valence-corrected chi connectivity index (χ3v) is 2.96. The number of thiol groups is 1. The molecule has 0 saturated heterocycles. The summed E-state index contributed by atoms with van der Waals surface area (Å²) in [5.74, 6) is 0.399. The molecule has 0 spiro atoms. The van der Waals surface area contributed by atoms with Crippen molar-refractivity contribution in [1.29, 1.82) is 0 Å². The van der Waals surface area contributed by atoms with Crippen LogP contribution in [0, 0.1) is 0 Å².